The van der Waals surface area contributed by atoms with Gasteiger partial charge in [0.15, 0.2) is 16.2 Å². The second-order valence-corrected chi connectivity index (χ2v) is 2.47. The fourth-order valence-corrected chi connectivity index (χ4v) is 0.386. The summed E-state index contributed by atoms with van der Waals surface area (Å²) in [6, 6.07) is 0. The maximum absolute atomic E-state index is 4.92. The number of aliphatic imine (C=N–C) groups is 2. The highest BCUT2D eigenvalue weighted by molar-refractivity contribution is 7.80. The maximum atomic E-state index is 4.92. The second-order valence-electron chi connectivity index (χ2n) is 1.64. The van der Waals surface area contributed by atoms with E-state index in [4.69, 9.17) is 28.8 Å². The summed E-state index contributed by atoms with van der Waals surface area (Å²) in [4.78, 5) is 6.65. The molecule has 0 aliphatic heterocycles. The van der Waals surface area contributed by atoms with E-state index >= 15 is 0 Å². The number of hydrazine groups is 1. The average Bonchev–Trinajstić information content (AvgIpc) is 1.99. The number of thiocarbonyl (C=S) groups is 2. The van der Waals surface area contributed by atoms with Crippen LogP contribution in [0.25, 0.3) is 0 Å². The first kappa shape index (κ1) is 15.0. The summed E-state index contributed by atoms with van der Waals surface area (Å²) in [6.07, 6.45) is 1.21. The van der Waals surface area contributed by atoms with E-state index in [0.717, 1.165) is 0 Å². The van der Waals surface area contributed by atoms with Crippen LogP contribution >= 0.6 is 24.4 Å². The van der Waals surface area contributed by atoms with Gasteiger partial charge in [-0.1, -0.05) is 0 Å². The van der Waals surface area contributed by atoms with Crippen LogP contribution < -0.4 is 34.2 Å². The van der Waals surface area contributed by atoms with Crippen molar-refractivity contribution in [2.24, 2.45) is 38.8 Å². The summed E-state index contributed by atoms with van der Waals surface area (Å²) in [5, 5.41) is 0.0259. The first-order chi connectivity index (χ1) is 6.40. The van der Waals surface area contributed by atoms with Crippen LogP contribution in [-0.4, -0.2) is 22.5 Å². The van der Waals surface area contributed by atoms with E-state index in [0.29, 0.717) is 0 Å². The molecule has 0 saturated heterocycles. The SMILES string of the molecule is NC(=S)N=C(N)N.NNC=NC(N)=S. The normalized spacial score (nSPS) is 8.36. The predicted molar refractivity (Wildman–Crippen MR) is 65.2 cm³/mol. The van der Waals surface area contributed by atoms with Gasteiger partial charge >= 0.3 is 0 Å². The van der Waals surface area contributed by atoms with Gasteiger partial charge in [0.05, 0.1) is 0 Å². The van der Waals surface area contributed by atoms with Gasteiger partial charge in [-0.2, -0.15) is 4.99 Å². The molecule has 8 nitrogen and oxygen atoms in total. The molecule has 0 saturated carbocycles. The van der Waals surface area contributed by atoms with Crippen LogP contribution in [0.15, 0.2) is 9.98 Å². The zero-order chi connectivity index (χ0) is 11.6. The van der Waals surface area contributed by atoms with Crippen molar-refractivity contribution >= 4 is 47.0 Å². The minimum absolute atomic E-state index is 0.0417. The van der Waals surface area contributed by atoms with Gasteiger partial charge in [0, 0.05) is 0 Å². The lowest BCUT2D eigenvalue weighted by atomic mass is 11.0. The van der Waals surface area contributed by atoms with E-state index in [1.165, 1.54) is 6.34 Å². The van der Waals surface area contributed by atoms with Crippen molar-refractivity contribution < 1.29 is 0 Å². The van der Waals surface area contributed by atoms with Gasteiger partial charge in [-0.3, -0.25) is 0 Å². The molecular weight excluding hydrogens is 224 g/mol. The summed E-state index contributed by atoms with van der Waals surface area (Å²) < 4.78 is 0. The van der Waals surface area contributed by atoms with Crippen LogP contribution in [0.1, 0.15) is 0 Å². The minimum Gasteiger partial charge on any atom is -0.374 e. The van der Waals surface area contributed by atoms with Gasteiger partial charge in [-0.15, -0.1) is 0 Å². The zero-order valence-electron chi connectivity index (χ0n) is 7.18. The van der Waals surface area contributed by atoms with E-state index in [9.17, 15) is 0 Å². The molecular formula is C4H12N8S2. The Balaban J connectivity index is 0. The van der Waals surface area contributed by atoms with Gasteiger partial charge in [0.25, 0.3) is 0 Å². The topological polar surface area (TPSA) is 167 Å². The Morgan fingerprint density at radius 2 is 1.57 bits per heavy atom. The van der Waals surface area contributed by atoms with E-state index in [-0.39, 0.29) is 16.2 Å². The maximum Gasteiger partial charge on any atom is 0.193 e. The van der Waals surface area contributed by atoms with Crippen LogP contribution in [0.5, 0.6) is 0 Å². The quantitative estimate of drug-likeness (QED) is 0.0934. The average molecular weight is 236 g/mol. The number of nitrogens with zero attached hydrogens (tertiary/aromatic N) is 2. The molecule has 0 radical (unpaired) electrons. The molecule has 0 atom stereocenters. The summed E-state index contributed by atoms with van der Waals surface area (Å²) in [6.45, 7) is 0. The fraction of sp³-hybridized carbons (Fsp3) is 0. The van der Waals surface area contributed by atoms with Crippen molar-refractivity contribution in [1.29, 1.82) is 0 Å². The van der Waals surface area contributed by atoms with Gasteiger partial charge < -0.3 is 28.4 Å². The predicted octanol–water partition coefficient (Wildman–Crippen LogP) is -2.77. The third-order valence-corrected chi connectivity index (χ3v) is 0.702. The molecule has 0 bridgehead atoms. The van der Waals surface area contributed by atoms with Crippen molar-refractivity contribution in [1.82, 2.24) is 5.43 Å². The van der Waals surface area contributed by atoms with Crippen LogP contribution in [0.3, 0.4) is 0 Å². The molecule has 11 N–H and O–H groups in total. The summed E-state index contributed by atoms with van der Waals surface area (Å²) in [7, 11) is 0. The van der Waals surface area contributed by atoms with E-state index in [2.05, 4.69) is 39.8 Å². The Kier molecular flexibility index (Phi) is 10.2. The number of guanidine groups is 1. The molecule has 10 heteroatoms. The van der Waals surface area contributed by atoms with Crippen LogP contribution in [0, 0.1) is 0 Å². The molecule has 14 heavy (non-hydrogen) atoms. The molecule has 0 aromatic heterocycles. The van der Waals surface area contributed by atoms with E-state index in [1.807, 2.05) is 0 Å². The summed E-state index contributed by atoms with van der Waals surface area (Å²) in [5.74, 6) is 4.66. The molecule has 0 aromatic rings. The van der Waals surface area contributed by atoms with Gasteiger partial charge in [-0.05, 0) is 24.4 Å². The number of hydrogen-bond donors (Lipinski definition) is 6. The van der Waals surface area contributed by atoms with E-state index < -0.39 is 0 Å². The third kappa shape index (κ3) is 22.4. The molecule has 80 valence electrons. The largest absolute Gasteiger partial charge is 0.374 e. The Morgan fingerprint density at radius 3 is 1.64 bits per heavy atom. The van der Waals surface area contributed by atoms with Crippen molar-refractivity contribution in [3.05, 3.63) is 0 Å². The summed E-state index contributed by atoms with van der Waals surface area (Å²) >= 11 is 8.65. The Bertz CT molecular complexity index is 242. The molecule has 0 unspecified atom stereocenters. The molecule has 0 aliphatic rings. The number of rotatable bonds is 1. The van der Waals surface area contributed by atoms with Crippen LogP contribution in [0.4, 0.5) is 0 Å². The highest BCUT2D eigenvalue weighted by atomic mass is 32.1. The smallest absolute Gasteiger partial charge is 0.193 e. The molecule has 0 aliphatic carbocycles. The second kappa shape index (κ2) is 9.57. The molecule has 0 spiro atoms. The van der Waals surface area contributed by atoms with Crippen molar-refractivity contribution in [3.63, 3.8) is 0 Å². The number of hydrogen-bond acceptors (Lipinski definition) is 3. The van der Waals surface area contributed by atoms with Gasteiger partial charge in [0.1, 0.15) is 6.34 Å². The Hall–Kier alpha value is -1.52. The minimum atomic E-state index is -0.104. The molecule has 0 aromatic carbocycles. The number of nitrogens with one attached hydrogen (secondary N) is 1. The third-order valence-electron chi connectivity index (χ3n) is 0.506. The van der Waals surface area contributed by atoms with Crippen LogP contribution in [0.2, 0.25) is 0 Å². The van der Waals surface area contributed by atoms with Crippen LogP contribution in [-0.2, 0) is 0 Å². The fourth-order valence-electron chi connectivity index (χ4n) is 0.228. The monoisotopic (exact) mass is 236 g/mol. The first-order valence-electron chi connectivity index (χ1n) is 3.07. The lowest BCUT2D eigenvalue weighted by molar-refractivity contribution is 1.06. The van der Waals surface area contributed by atoms with Gasteiger partial charge in [0.2, 0.25) is 0 Å². The number of nitrogens with two attached hydrogens (primary N) is 5. The molecule has 0 rings (SSSR count). The van der Waals surface area contributed by atoms with Crippen molar-refractivity contribution in [2.45, 2.75) is 0 Å². The molecule has 0 fully saturated rings. The standard InChI is InChI=1S/2C2H6N4S/c3-2(7)5-1-6-4;3-1(4)6-2(5)7/h1H,4H2,(H3,3,5,6,7);(H6,3,4,5,6,7). The van der Waals surface area contributed by atoms with Crippen molar-refractivity contribution in [2.75, 3.05) is 0 Å². The zero-order valence-corrected chi connectivity index (χ0v) is 8.81. The highest BCUT2D eigenvalue weighted by Gasteiger charge is 1.78. The van der Waals surface area contributed by atoms with Crippen molar-refractivity contribution in [3.8, 4) is 0 Å². The van der Waals surface area contributed by atoms with E-state index in [1.54, 1.807) is 0 Å². The Labute approximate surface area is 91.6 Å². The lowest BCUT2D eigenvalue weighted by Crippen LogP contribution is -2.25. The Morgan fingerprint density at radius 1 is 1.07 bits per heavy atom. The van der Waals surface area contributed by atoms with Gasteiger partial charge in [-0.25, -0.2) is 10.8 Å². The first-order valence-corrected chi connectivity index (χ1v) is 3.89. The highest BCUT2D eigenvalue weighted by Crippen LogP contribution is 1.62. The lowest BCUT2D eigenvalue weighted by Gasteiger charge is -1.84. The molecule has 0 amide bonds. The summed E-state index contributed by atoms with van der Waals surface area (Å²) in [5.41, 5.74) is 21.6. The molecule has 0 heterocycles.